The van der Waals surface area contributed by atoms with Gasteiger partial charge in [-0.25, -0.2) is 0 Å². The molecule has 2 rings (SSSR count). The molecule has 1 aliphatic carbocycles. The number of hydrogen-bond acceptors (Lipinski definition) is 0. The van der Waals surface area contributed by atoms with Crippen molar-refractivity contribution < 1.29 is 0 Å². The maximum absolute atomic E-state index is 2.56. The lowest BCUT2D eigenvalue weighted by atomic mass is 9.90. The Balaban J connectivity index is 2.23. The van der Waals surface area contributed by atoms with Gasteiger partial charge in [0.05, 0.1) is 8.07 Å². The molecule has 0 N–H and O–H groups in total. The number of rotatable bonds is 2. The molecule has 1 aromatic carbocycles. The molecule has 0 spiro atoms. The fourth-order valence-corrected chi connectivity index (χ4v) is 7.46. The van der Waals surface area contributed by atoms with Crippen LogP contribution in [0, 0.1) is 5.92 Å². The van der Waals surface area contributed by atoms with E-state index in [1.807, 2.05) is 0 Å². The molecule has 0 nitrogen and oxygen atoms in total. The van der Waals surface area contributed by atoms with E-state index in [1.54, 1.807) is 5.19 Å². The summed E-state index contributed by atoms with van der Waals surface area (Å²) < 4.78 is 0. The van der Waals surface area contributed by atoms with E-state index in [9.17, 15) is 0 Å². The highest BCUT2D eigenvalue weighted by molar-refractivity contribution is 6.91. The Kier molecular flexibility index (Phi) is 3.53. The molecule has 1 aliphatic rings. The molecule has 0 heterocycles. The van der Waals surface area contributed by atoms with Crippen molar-refractivity contribution >= 4 is 13.3 Å². The minimum Gasteiger partial charge on any atom is -0.0652 e. The molecule has 1 fully saturated rings. The average molecular weight is 232 g/mol. The van der Waals surface area contributed by atoms with Gasteiger partial charge in [-0.1, -0.05) is 81.2 Å². The topological polar surface area (TPSA) is 0 Å². The molecule has 0 amide bonds. The smallest absolute Gasteiger partial charge is 0.0652 e. The Hall–Kier alpha value is -0.563. The quantitative estimate of drug-likeness (QED) is 0.671. The van der Waals surface area contributed by atoms with Crippen molar-refractivity contribution in [2.45, 2.75) is 51.2 Å². The second kappa shape index (κ2) is 4.75. The van der Waals surface area contributed by atoms with Crippen molar-refractivity contribution in [3.8, 4) is 0 Å². The van der Waals surface area contributed by atoms with Crippen LogP contribution in [0.2, 0.25) is 18.6 Å². The Labute approximate surface area is 101 Å². The zero-order chi connectivity index (χ0) is 11.6. The van der Waals surface area contributed by atoms with E-state index in [-0.39, 0.29) is 0 Å². The lowest BCUT2D eigenvalue weighted by molar-refractivity contribution is 0.377. The molecule has 0 saturated heterocycles. The first kappa shape index (κ1) is 11.9. The average Bonchev–Trinajstić information content (AvgIpc) is 2.30. The maximum atomic E-state index is 2.56. The lowest BCUT2D eigenvalue weighted by Gasteiger charge is -2.40. The van der Waals surface area contributed by atoms with Crippen molar-refractivity contribution in [2.24, 2.45) is 5.92 Å². The second-order valence-corrected chi connectivity index (χ2v) is 10.7. The highest BCUT2D eigenvalue weighted by Crippen LogP contribution is 2.40. The summed E-state index contributed by atoms with van der Waals surface area (Å²) >= 11 is 0. The highest BCUT2D eigenvalue weighted by Gasteiger charge is 2.37. The maximum Gasteiger partial charge on any atom is 0.0839 e. The van der Waals surface area contributed by atoms with E-state index in [0.717, 1.165) is 11.5 Å². The normalized spacial score (nSPS) is 26.7. The summed E-state index contributed by atoms with van der Waals surface area (Å²) in [6.07, 6.45) is 5.83. The van der Waals surface area contributed by atoms with Crippen molar-refractivity contribution in [3.63, 3.8) is 0 Å². The van der Waals surface area contributed by atoms with Gasteiger partial charge in [-0.05, 0) is 11.5 Å². The van der Waals surface area contributed by atoms with Crippen LogP contribution in [0.4, 0.5) is 0 Å². The van der Waals surface area contributed by atoms with Gasteiger partial charge in [-0.3, -0.25) is 0 Å². The monoisotopic (exact) mass is 232 g/mol. The number of benzene rings is 1. The van der Waals surface area contributed by atoms with Gasteiger partial charge >= 0.3 is 0 Å². The minimum absolute atomic E-state index is 0.940. The van der Waals surface area contributed by atoms with Gasteiger partial charge in [-0.2, -0.15) is 0 Å². The Bertz CT molecular complexity index is 329. The highest BCUT2D eigenvalue weighted by atomic mass is 28.3. The summed E-state index contributed by atoms with van der Waals surface area (Å²) in [5.41, 5.74) is 0.989. The SMILES string of the molecule is C[C@H]1CCCC[C@H]1[Si](C)(C)c1ccccc1. The molecule has 1 aromatic rings. The van der Waals surface area contributed by atoms with Crippen LogP contribution in [0.5, 0.6) is 0 Å². The van der Waals surface area contributed by atoms with Crippen LogP contribution in [0.15, 0.2) is 30.3 Å². The summed E-state index contributed by atoms with van der Waals surface area (Å²) in [6, 6.07) is 11.3. The standard InChI is InChI=1S/C15H24Si/c1-13-9-7-8-12-15(13)16(2,3)14-10-5-4-6-11-14/h4-6,10-11,13,15H,7-9,12H2,1-3H3/t13-,15+/m0/s1. The van der Waals surface area contributed by atoms with Gasteiger partial charge in [0.2, 0.25) is 0 Å². The third kappa shape index (κ3) is 2.24. The molecule has 88 valence electrons. The largest absolute Gasteiger partial charge is 0.0839 e. The summed E-state index contributed by atoms with van der Waals surface area (Å²) in [7, 11) is -1.24. The second-order valence-electron chi connectivity index (χ2n) is 5.96. The molecule has 0 bridgehead atoms. The Morgan fingerprint density at radius 3 is 2.25 bits per heavy atom. The number of hydrogen-bond donors (Lipinski definition) is 0. The van der Waals surface area contributed by atoms with E-state index in [4.69, 9.17) is 0 Å². The van der Waals surface area contributed by atoms with Gasteiger partial charge in [0, 0.05) is 0 Å². The van der Waals surface area contributed by atoms with E-state index in [0.29, 0.717) is 0 Å². The van der Waals surface area contributed by atoms with Crippen LogP contribution in [0.25, 0.3) is 0 Å². The predicted octanol–water partition coefficient (Wildman–Crippen LogP) is 4.18. The summed E-state index contributed by atoms with van der Waals surface area (Å²) in [4.78, 5) is 0. The van der Waals surface area contributed by atoms with E-state index < -0.39 is 8.07 Å². The van der Waals surface area contributed by atoms with E-state index in [1.165, 1.54) is 25.7 Å². The first-order chi connectivity index (χ1) is 7.62. The van der Waals surface area contributed by atoms with Gasteiger partial charge < -0.3 is 0 Å². The van der Waals surface area contributed by atoms with Gasteiger partial charge in [0.1, 0.15) is 0 Å². The third-order valence-corrected chi connectivity index (χ3v) is 9.09. The van der Waals surface area contributed by atoms with Crippen LogP contribution in [0.1, 0.15) is 32.6 Å². The molecule has 2 atom stereocenters. The first-order valence-corrected chi connectivity index (χ1v) is 9.75. The fraction of sp³-hybridized carbons (Fsp3) is 0.600. The zero-order valence-electron chi connectivity index (χ0n) is 10.9. The van der Waals surface area contributed by atoms with Crippen LogP contribution in [-0.4, -0.2) is 8.07 Å². The van der Waals surface area contributed by atoms with E-state index >= 15 is 0 Å². The molecule has 0 aliphatic heterocycles. The summed E-state index contributed by atoms with van der Waals surface area (Å²) in [5.74, 6) is 0.940. The van der Waals surface area contributed by atoms with Crippen molar-refractivity contribution in [2.75, 3.05) is 0 Å². The van der Waals surface area contributed by atoms with Crippen LogP contribution in [-0.2, 0) is 0 Å². The Morgan fingerprint density at radius 1 is 1.00 bits per heavy atom. The molecule has 16 heavy (non-hydrogen) atoms. The van der Waals surface area contributed by atoms with Crippen LogP contribution in [0.3, 0.4) is 0 Å². The molecular formula is C15H24Si. The molecule has 0 aromatic heterocycles. The molecule has 1 heteroatoms. The lowest BCUT2D eigenvalue weighted by Crippen LogP contribution is -2.48. The molecular weight excluding hydrogens is 208 g/mol. The minimum atomic E-state index is -1.24. The van der Waals surface area contributed by atoms with Gasteiger partial charge in [0.25, 0.3) is 0 Å². The fourth-order valence-electron chi connectivity index (χ4n) is 3.47. The third-order valence-electron chi connectivity index (χ3n) is 4.56. The van der Waals surface area contributed by atoms with Crippen LogP contribution >= 0.6 is 0 Å². The van der Waals surface area contributed by atoms with Gasteiger partial charge in [-0.15, -0.1) is 0 Å². The molecule has 0 unspecified atom stereocenters. The van der Waals surface area contributed by atoms with Crippen molar-refractivity contribution in [1.82, 2.24) is 0 Å². The first-order valence-electron chi connectivity index (χ1n) is 6.68. The predicted molar refractivity (Wildman–Crippen MR) is 74.9 cm³/mol. The zero-order valence-corrected chi connectivity index (χ0v) is 11.9. The Morgan fingerprint density at radius 2 is 1.62 bits per heavy atom. The van der Waals surface area contributed by atoms with Crippen LogP contribution < -0.4 is 5.19 Å². The van der Waals surface area contributed by atoms with Crippen molar-refractivity contribution in [3.05, 3.63) is 30.3 Å². The van der Waals surface area contributed by atoms with Crippen molar-refractivity contribution in [1.29, 1.82) is 0 Å². The summed E-state index contributed by atoms with van der Waals surface area (Å²) in [6.45, 7) is 7.60. The summed E-state index contributed by atoms with van der Waals surface area (Å²) in [5, 5.41) is 1.65. The van der Waals surface area contributed by atoms with E-state index in [2.05, 4.69) is 50.3 Å². The molecule has 0 radical (unpaired) electrons. The van der Waals surface area contributed by atoms with Gasteiger partial charge in [0.15, 0.2) is 0 Å². The molecule has 1 saturated carbocycles.